The van der Waals surface area contributed by atoms with E-state index in [1.165, 1.54) is 0 Å². The maximum absolute atomic E-state index is 5.06. The van der Waals surface area contributed by atoms with Crippen LogP contribution < -0.4 is 0 Å². The predicted molar refractivity (Wildman–Crippen MR) is 32.0 cm³/mol. The van der Waals surface area contributed by atoms with Crippen LogP contribution in [0.4, 0.5) is 0 Å². The van der Waals surface area contributed by atoms with Crippen molar-refractivity contribution in [2.45, 2.75) is 0 Å². The summed E-state index contributed by atoms with van der Waals surface area (Å²) in [5.41, 5.74) is 0.859. The maximum atomic E-state index is 5.06. The van der Waals surface area contributed by atoms with E-state index in [9.17, 15) is 0 Å². The van der Waals surface area contributed by atoms with Crippen LogP contribution in [0.2, 0.25) is 0 Å². The van der Waals surface area contributed by atoms with Gasteiger partial charge in [-0.25, -0.2) is 4.98 Å². The molecule has 1 radical (unpaired) electrons. The molecule has 0 bridgehead atoms. The van der Waals surface area contributed by atoms with Gasteiger partial charge in [-0.05, 0) is 12.1 Å². The zero-order valence-corrected chi connectivity index (χ0v) is 4.66. The monoisotopic (exact) mass is 118 g/mol. The predicted octanol–water partition coefficient (Wildman–Crippen LogP) is 1.58. The van der Waals surface area contributed by atoms with E-state index in [4.69, 9.17) is 4.42 Å². The van der Waals surface area contributed by atoms with E-state index in [0.717, 1.165) is 11.5 Å². The quantitative estimate of drug-likeness (QED) is 0.524. The Morgan fingerprint density at radius 2 is 2.56 bits per heavy atom. The van der Waals surface area contributed by atoms with Gasteiger partial charge in [0.25, 0.3) is 0 Å². The van der Waals surface area contributed by atoms with Gasteiger partial charge in [-0.15, -0.1) is 0 Å². The number of hydrogen-bond donors (Lipinski definition) is 0. The van der Waals surface area contributed by atoms with Crippen molar-refractivity contribution in [1.82, 2.24) is 4.98 Å². The van der Waals surface area contributed by atoms with Crippen LogP contribution in [0.5, 0.6) is 0 Å². The topological polar surface area (TPSA) is 26.0 Å². The summed E-state index contributed by atoms with van der Waals surface area (Å²) >= 11 is 0. The number of aromatic nitrogens is 1. The molecule has 0 aliphatic carbocycles. The van der Waals surface area contributed by atoms with Crippen LogP contribution in [0.15, 0.2) is 28.9 Å². The number of fused-ring (bicyclic) bond motifs is 1. The van der Waals surface area contributed by atoms with Gasteiger partial charge in [0.2, 0.25) is 0 Å². The molecule has 0 saturated heterocycles. The molecule has 0 N–H and O–H groups in total. The first-order valence-electron chi connectivity index (χ1n) is 2.67. The fourth-order valence-corrected chi connectivity index (χ4v) is 0.746. The summed E-state index contributed by atoms with van der Waals surface area (Å²) in [5.74, 6) is 0.789. The van der Waals surface area contributed by atoms with E-state index in [0.29, 0.717) is 0 Å². The largest absolute Gasteiger partial charge is 0.463 e. The molecule has 0 aromatic heterocycles. The lowest BCUT2D eigenvalue weighted by Gasteiger charge is -1.90. The van der Waals surface area contributed by atoms with Crippen LogP contribution in [-0.2, 0) is 0 Å². The molecule has 2 nitrogen and oxygen atoms in total. The Balaban J connectivity index is 2.79. The Bertz CT molecular complexity index is 249. The number of rotatable bonds is 0. The summed E-state index contributed by atoms with van der Waals surface area (Å²) in [5, 5.41) is 0. The van der Waals surface area contributed by atoms with Gasteiger partial charge in [-0.3, -0.25) is 0 Å². The molecule has 0 amide bonds. The third-order valence-electron chi connectivity index (χ3n) is 1.16. The van der Waals surface area contributed by atoms with E-state index < -0.39 is 0 Å². The van der Waals surface area contributed by atoms with Crippen molar-refractivity contribution in [1.29, 1.82) is 0 Å². The SMILES string of the molecule is [c]1cc2occcc-2n1. The van der Waals surface area contributed by atoms with E-state index in [2.05, 4.69) is 11.2 Å². The molecule has 2 aliphatic heterocycles. The van der Waals surface area contributed by atoms with Gasteiger partial charge in [0.1, 0.15) is 5.69 Å². The molecule has 0 atom stereocenters. The molecular weight excluding hydrogens is 114 g/mol. The minimum Gasteiger partial charge on any atom is -0.463 e. The average molecular weight is 118 g/mol. The maximum Gasteiger partial charge on any atom is 0.154 e. The first-order valence-corrected chi connectivity index (χ1v) is 2.67. The van der Waals surface area contributed by atoms with Crippen LogP contribution in [0, 0.1) is 6.20 Å². The Labute approximate surface area is 52.5 Å². The average Bonchev–Trinajstić information content (AvgIpc) is 2.33. The third-order valence-corrected chi connectivity index (χ3v) is 1.16. The lowest BCUT2D eigenvalue weighted by atomic mass is 10.3. The Morgan fingerprint density at radius 3 is 3.44 bits per heavy atom. The zero-order chi connectivity index (χ0) is 6.10. The van der Waals surface area contributed by atoms with Crippen LogP contribution in [0.3, 0.4) is 0 Å². The third kappa shape index (κ3) is 0.598. The van der Waals surface area contributed by atoms with Gasteiger partial charge < -0.3 is 4.42 Å². The van der Waals surface area contributed by atoms with Gasteiger partial charge in [0.15, 0.2) is 5.76 Å². The molecule has 2 heterocycles. The van der Waals surface area contributed by atoms with Crippen molar-refractivity contribution in [3.63, 3.8) is 0 Å². The Morgan fingerprint density at radius 1 is 1.56 bits per heavy atom. The van der Waals surface area contributed by atoms with Crippen LogP contribution in [0.25, 0.3) is 11.5 Å². The van der Waals surface area contributed by atoms with E-state index in [1.54, 1.807) is 12.3 Å². The molecule has 0 spiro atoms. The fourth-order valence-electron chi connectivity index (χ4n) is 0.746. The smallest absolute Gasteiger partial charge is 0.154 e. The molecule has 2 heteroatoms. The van der Waals surface area contributed by atoms with Crippen molar-refractivity contribution >= 4 is 0 Å². The van der Waals surface area contributed by atoms with Gasteiger partial charge in [0.05, 0.1) is 12.5 Å². The second-order valence-corrected chi connectivity index (χ2v) is 1.75. The summed E-state index contributed by atoms with van der Waals surface area (Å²) in [4.78, 5) is 3.90. The molecule has 0 unspecified atom stereocenters. The molecule has 0 fully saturated rings. The number of nitrogens with zero attached hydrogens (tertiary/aromatic N) is 1. The van der Waals surface area contributed by atoms with Crippen molar-refractivity contribution < 1.29 is 4.42 Å². The fraction of sp³-hybridized carbons (Fsp3) is 0. The van der Waals surface area contributed by atoms with Crippen LogP contribution in [-0.4, -0.2) is 4.98 Å². The van der Waals surface area contributed by atoms with Gasteiger partial charge in [0, 0.05) is 6.07 Å². The first-order chi connectivity index (χ1) is 4.47. The molecule has 2 aliphatic rings. The highest BCUT2D eigenvalue weighted by atomic mass is 16.3. The highest BCUT2D eigenvalue weighted by molar-refractivity contribution is 5.52. The van der Waals surface area contributed by atoms with Crippen molar-refractivity contribution in [3.8, 4) is 11.5 Å². The second-order valence-electron chi connectivity index (χ2n) is 1.75. The van der Waals surface area contributed by atoms with E-state index in [-0.39, 0.29) is 0 Å². The normalized spacial score (nSPS) is 10.2. The molecule has 0 aromatic carbocycles. The van der Waals surface area contributed by atoms with Gasteiger partial charge in [-0.2, -0.15) is 0 Å². The molecule has 9 heavy (non-hydrogen) atoms. The lowest BCUT2D eigenvalue weighted by molar-refractivity contribution is 0.565. The highest BCUT2D eigenvalue weighted by Gasteiger charge is 2.01. The summed E-state index contributed by atoms with van der Waals surface area (Å²) < 4.78 is 5.06. The lowest BCUT2D eigenvalue weighted by Crippen LogP contribution is -1.71. The van der Waals surface area contributed by atoms with Crippen LogP contribution in [0.1, 0.15) is 0 Å². The highest BCUT2D eigenvalue weighted by Crippen LogP contribution is 2.16. The van der Waals surface area contributed by atoms with Crippen molar-refractivity contribution in [3.05, 3.63) is 30.7 Å². The summed E-state index contributed by atoms with van der Waals surface area (Å²) in [7, 11) is 0. The van der Waals surface area contributed by atoms with Gasteiger partial charge in [-0.1, -0.05) is 0 Å². The minimum absolute atomic E-state index is 0.789. The summed E-state index contributed by atoms with van der Waals surface area (Å²) in [6.07, 6.45) is 4.32. The standard InChI is InChI=1S/C7H4NO/c1-2-6-7(9-5-1)3-4-8-6/h1-3,5H. The van der Waals surface area contributed by atoms with E-state index >= 15 is 0 Å². The van der Waals surface area contributed by atoms with Gasteiger partial charge >= 0.3 is 0 Å². The zero-order valence-electron chi connectivity index (χ0n) is 4.66. The minimum atomic E-state index is 0.789. The second kappa shape index (κ2) is 1.58. The molecule has 2 rings (SSSR count). The molecule has 0 aromatic rings. The van der Waals surface area contributed by atoms with Crippen molar-refractivity contribution in [2.24, 2.45) is 0 Å². The van der Waals surface area contributed by atoms with Crippen LogP contribution >= 0.6 is 0 Å². The molecular formula is C7H4NO. The molecule has 43 valence electrons. The Hall–Kier alpha value is -1.31. The van der Waals surface area contributed by atoms with Crippen molar-refractivity contribution in [2.75, 3.05) is 0 Å². The summed E-state index contributed by atoms with van der Waals surface area (Å²) in [6.45, 7) is 0. The Kier molecular flexibility index (Phi) is 0.803. The number of hydrogen-bond acceptors (Lipinski definition) is 2. The molecule has 0 saturated carbocycles. The summed E-state index contributed by atoms with van der Waals surface area (Å²) in [6, 6.07) is 5.41. The first kappa shape index (κ1) is 4.56. The van der Waals surface area contributed by atoms with E-state index in [1.807, 2.05) is 12.1 Å².